The predicted molar refractivity (Wildman–Crippen MR) is 71.4 cm³/mol. The van der Waals surface area contributed by atoms with Crippen molar-refractivity contribution < 1.29 is 14.6 Å². The third kappa shape index (κ3) is 2.25. The Labute approximate surface area is 107 Å². The molecular formula is C15H16O3. The zero-order chi connectivity index (χ0) is 13.1. The van der Waals surface area contributed by atoms with E-state index in [0.29, 0.717) is 0 Å². The second-order valence-electron chi connectivity index (χ2n) is 4.07. The molecule has 0 saturated carbocycles. The first kappa shape index (κ1) is 12.3. The van der Waals surface area contributed by atoms with Gasteiger partial charge < -0.3 is 14.6 Å². The van der Waals surface area contributed by atoms with Gasteiger partial charge in [-0.1, -0.05) is 6.07 Å². The highest BCUT2D eigenvalue weighted by Crippen LogP contribution is 2.36. The van der Waals surface area contributed by atoms with E-state index in [-0.39, 0.29) is 5.75 Å². The number of hydrogen-bond acceptors (Lipinski definition) is 3. The van der Waals surface area contributed by atoms with Crippen molar-refractivity contribution in [3.05, 3.63) is 42.0 Å². The van der Waals surface area contributed by atoms with Gasteiger partial charge in [0.05, 0.1) is 14.2 Å². The molecule has 94 valence electrons. The van der Waals surface area contributed by atoms with Crippen LogP contribution in [0, 0.1) is 6.92 Å². The molecule has 0 bridgehead atoms. The monoisotopic (exact) mass is 244 g/mol. The van der Waals surface area contributed by atoms with Gasteiger partial charge in [0.2, 0.25) is 0 Å². The maximum Gasteiger partial charge on any atom is 0.126 e. The molecule has 3 heteroatoms. The van der Waals surface area contributed by atoms with E-state index in [1.165, 1.54) is 0 Å². The summed E-state index contributed by atoms with van der Waals surface area (Å²) >= 11 is 0. The largest absolute Gasteiger partial charge is 0.508 e. The van der Waals surface area contributed by atoms with Crippen LogP contribution in [0.5, 0.6) is 17.2 Å². The third-order valence-electron chi connectivity index (χ3n) is 2.91. The van der Waals surface area contributed by atoms with Crippen LogP contribution in [0.4, 0.5) is 0 Å². The van der Waals surface area contributed by atoms with E-state index < -0.39 is 0 Å². The number of ether oxygens (including phenoxy) is 2. The highest BCUT2D eigenvalue weighted by Gasteiger charge is 2.10. The Morgan fingerprint density at radius 1 is 0.889 bits per heavy atom. The van der Waals surface area contributed by atoms with E-state index in [0.717, 1.165) is 28.2 Å². The summed E-state index contributed by atoms with van der Waals surface area (Å²) in [6, 6.07) is 10.9. The van der Waals surface area contributed by atoms with Gasteiger partial charge in [-0.05, 0) is 48.4 Å². The van der Waals surface area contributed by atoms with Crippen LogP contribution in [0.25, 0.3) is 11.1 Å². The highest BCUT2D eigenvalue weighted by molar-refractivity contribution is 5.75. The smallest absolute Gasteiger partial charge is 0.126 e. The van der Waals surface area contributed by atoms with Gasteiger partial charge in [-0.2, -0.15) is 0 Å². The van der Waals surface area contributed by atoms with Gasteiger partial charge in [0.25, 0.3) is 0 Å². The Bertz CT molecular complexity index is 562. The van der Waals surface area contributed by atoms with Crippen molar-refractivity contribution in [1.82, 2.24) is 0 Å². The van der Waals surface area contributed by atoms with E-state index in [9.17, 15) is 5.11 Å². The minimum Gasteiger partial charge on any atom is -0.508 e. The average Bonchev–Trinajstić information content (AvgIpc) is 2.38. The lowest BCUT2D eigenvalue weighted by Crippen LogP contribution is -1.91. The maximum absolute atomic E-state index is 9.46. The van der Waals surface area contributed by atoms with Crippen LogP contribution in [0.1, 0.15) is 5.56 Å². The molecule has 0 spiro atoms. The quantitative estimate of drug-likeness (QED) is 0.899. The summed E-state index contributed by atoms with van der Waals surface area (Å²) < 4.78 is 10.6. The lowest BCUT2D eigenvalue weighted by molar-refractivity contribution is 0.404. The van der Waals surface area contributed by atoms with Crippen molar-refractivity contribution in [2.75, 3.05) is 14.2 Å². The minimum absolute atomic E-state index is 0.262. The second-order valence-corrected chi connectivity index (χ2v) is 4.07. The number of benzene rings is 2. The topological polar surface area (TPSA) is 38.7 Å². The van der Waals surface area contributed by atoms with Crippen LogP contribution in [-0.4, -0.2) is 19.3 Å². The zero-order valence-corrected chi connectivity index (χ0v) is 10.7. The van der Waals surface area contributed by atoms with Gasteiger partial charge >= 0.3 is 0 Å². The number of aryl methyl sites for hydroxylation is 1. The molecule has 0 atom stereocenters. The fraction of sp³-hybridized carbons (Fsp3) is 0.200. The van der Waals surface area contributed by atoms with E-state index >= 15 is 0 Å². The molecule has 0 heterocycles. The highest BCUT2D eigenvalue weighted by atomic mass is 16.5. The van der Waals surface area contributed by atoms with E-state index in [4.69, 9.17) is 9.47 Å². The van der Waals surface area contributed by atoms with Crippen molar-refractivity contribution >= 4 is 0 Å². The molecule has 0 aliphatic rings. The molecule has 0 radical (unpaired) electrons. The van der Waals surface area contributed by atoms with E-state index in [1.807, 2.05) is 31.2 Å². The summed E-state index contributed by atoms with van der Waals surface area (Å²) in [6.45, 7) is 1.95. The van der Waals surface area contributed by atoms with Crippen molar-refractivity contribution in [1.29, 1.82) is 0 Å². The molecule has 18 heavy (non-hydrogen) atoms. The second kappa shape index (κ2) is 5.00. The van der Waals surface area contributed by atoms with Gasteiger partial charge in [-0.15, -0.1) is 0 Å². The number of phenolic OH excluding ortho intramolecular Hbond substituents is 1. The van der Waals surface area contributed by atoms with Crippen LogP contribution < -0.4 is 9.47 Å². The normalized spacial score (nSPS) is 10.2. The summed E-state index contributed by atoms with van der Waals surface area (Å²) in [4.78, 5) is 0. The summed E-state index contributed by atoms with van der Waals surface area (Å²) in [5, 5.41) is 9.46. The lowest BCUT2D eigenvalue weighted by Gasteiger charge is -2.12. The van der Waals surface area contributed by atoms with Gasteiger partial charge in [-0.25, -0.2) is 0 Å². The van der Waals surface area contributed by atoms with Crippen molar-refractivity contribution in [3.8, 4) is 28.4 Å². The van der Waals surface area contributed by atoms with Crippen molar-refractivity contribution in [2.24, 2.45) is 0 Å². The van der Waals surface area contributed by atoms with Crippen molar-refractivity contribution in [2.45, 2.75) is 6.92 Å². The molecule has 2 aromatic rings. The third-order valence-corrected chi connectivity index (χ3v) is 2.91. The molecule has 0 saturated heterocycles. The molecule has 0 aromatic heterocycles. The maximum atomic E-state index is 9.46. The Morgan fingerprint density at radius 3 is 2.28 bits per heavy atom. The van der Waals surface area contributed by atoms with Crippen LogP contribution in [-0.2, 0) is 0 Å². The van der Waals surface area contributed by atoms with Gasteiger partial charge in [0.1, 0.15) is 17.2 Å². The molecule has 1 N–H and O–H groups in total. The Balaban J connectivity index is 2.60. The van der Waals surface area contributed by atoms with Crippen LogP contribution in [0.2, 0.25) is 0 Å². The number of hydrogen-bond donors (Lipinski definition) is 1. The number of phenols is 1. The molecule has 0 fully saturated rings. The van der Waals surface area contributed by atoms with Crippen LogP contribution in [0.3, 0.4) is 0 Å². The molecule has 0 aliphatic carbocycles. The average molecular weight is 244 g/mol. The fourth-order valence-electron chi connectivity index (χ4n) is 1.97. The summed E-state index contributed by atoms with van der Waals surface area (Å²) in [6.07, 6.45) is 0. The van der Waals surface area contributed by atoms with Crippen LogP contribution in [0.15, 0.2) is 36.4 Å². The molecular weight excluding hydrogens is 228 g/mol. The van der Waals surface area contributed by atoms with Gasteiger partial charge in [0, 0.05) is 5.56 Å². The lowest BCUT2D eigenvalue weighted by atomic mass is 9.99. The first-order valence-electron chi connectivity index (χ1n) is 5.67. The SMILES string of the molecule is COc1ccc(OC)c(-c2ccc(O)cc2C)c1. The summed E-state index contributed by atoms with van der Waals surface area (Å²) in [5.74, 6) is 1.82. The molecule has 0 amide bonds. The molecule has 2 aromatic carbocycles. The zero-order valence-electron chi connectivity index (χ0n) is 10.7. The number of aromatic hydroxyl groups is 1. The molecule has 2 rings (SSSR count). The van der Waals surface area contributed by atoms with E-state index in [1.54, 1.807) is 26.4 Å². The van der Waals surface area contributed by atoms with Gasteiger partial charge in [0.15, 0.2) is 0 Å². The van der Waals surface area contributed by atoms with Crippen LogP contribution >= 0.6 is 0 Å². The summed E-state index contributed by atoms with van der Waals surface area (Å²) in [5.41, 5.74) is 2.96. The first-order chi connectivity index (χ1) is 8.65. The van der Waals surface area contributed by atoms with Gasteiger partial charge in [-0.3, -0.25) is 0 Å². The first-order valence-corrected chi connectivity index (χ1v) is 5.67. The minimum atomic E-state index is 0.262. The molecule has 0 aliphatic heterocycles. The predicted octanol–water partition coefficient (Wildman–Crippen LogP) is 3.38. The molecule has 3 nitrogen and oxygen atoms in total. The fourth-order valence-corrected chi connectivity index (χ4v) is 1.97. The standard InChI is InChI=1S/C15H16O3/c1-10-8-11(16)4-6-13(10)14-9-12(17-2)5-7-15(14)18-3/h4-9,16H,1-3H3. The van der Waals surface area contributed by atoms with Crippen molar-refractivity contribution in [3.63, 3.8) is 0 Å². The Kier molecular flexibility index (Phi) is 3.42. The Hall–Kier alpha value is -2.16. The number of methoxy groups -OCH3 is 2. The number of rotatable bonds is 3. The summed E-state index contributed by atoms with van der Waals surface area (Å²) in [7, 11) is 3.27. The molecule has 0 unspecified atom stereocenters. The Morgan fingerprint density at radius 2 is 1.67 bits per heavy atom. The van der Waals surface area contributed by atoms with E-state index in [2.05, 4.69) is 0 Å².